The maximum absolute atomic E-state index is 6.86. The highest BCUT2D eigenvalue weighted by Crippen LogP contribution is 2.68. The molecular weight excluding hydrogens is 643 g/mol. The lowest BCUT2D eigenvalue weighted by Gasteiger charge is -2.60. The Morgan fingerprint density at radius 2 is 1.34 bits per heavy atom. The Morgan fingerprint density at radius 3 is 2.15 bits per heavy atom. The highest BCUT2D eigenvalue weighted by molar-refractivity contribution is 6.18. The predicted molar refractivity (Wildman–Crippen MR) is 221 cm³/mol. The number of hydrogen-bond donors (Lipinski definition) is 0. The lowest BCUT2D eigenvalue weighted by atomic mass is 9.50. The molecule has 258 valence electrons. The molecule has 0 amide bonds. The second-order valence-corrected chi connectivity index (χ2v) is 17.0. The van der Waals surface area contributed by atoms with Crippen molar-refractivity contribution in [2.75, 3.05) is 4.90 Å². The quantitative estimate of drug-likeness (QED) is 0.168. The Kier molecular flexibility index (Phi) is 5.89. The summed E-state index contributed by atoms with van der Waals surface area (Å²) < 4.78 is 6.86. The third-order valence-corrected chi connectivity index (χ3v) is 13.7. The Labute approximate surface area is 311 Å². The zero-order valence-electron chi connectivity index (χ0n) is 31.3. The van der Waals surface area contributed by atoms with Crippen LogP contribution in [0, 0.1) is 5.92 Å². The first-order valence-corrected chi connectivity index (χ1v) is 19.2. The second kappa shape index (κ2) is 10.1. The second-order valence-electron chi connectivity index (χ2n) is 17.0. The number of nitrogens with zero attached hydrogens (tertiary/aromatic N) is 1. The van der Waals surface area contributed by atoms with Crippen LogP contribution in [0.15, 0.2) is 167 Å². The van der Waals surface area contributed by atoms with Gasteiger partial charge in [0.15, 0.2) is 0 Å². The van der Waals surface area contributed by atoms with Crippen molar-refractivity contribution in [3.8, 4) is 11.1 Å². The fourth-order valence-corrected chi connectivity index (χ4v) is 11.6. The van der Waals surface area contributed by atoms with Gasteiger partial charge in [0.25, 0.3) is 0 Å². The molecule has 0 spiro atoms. The van der Waals surface area contributed by atoms with E-state index in [1.807, 2.05) is 0 Å². The van der Waals surface area contributed by atoms with E-state index in [0.717, 1.165) is 27.5 Å². The van der Waals surface area contributed by atoms with Gasteiger partial charge >= 0.3 is 0 Å². The van der Waals surface area contributed by atoms with Gasteiger partial charge in [-0.3, -0.25) is 0 Å². The topological polar surface area (TPSA) is 16.4 Å². The van der Waals surface area contributed by atoms with Crippen molar-refractivity contribution >= 4 is 44.1 Å². The summed E-state index contributed by atoms with van der Waals surface area (Å²) in [5.41, 5.74) is 14.5. The van der Waals surface area contributed by atoms with Crippen LogP contribution in [0.25, 0.3) is 43.8 Å². The molecule has 3 aliphatic carbocycles. The Morgan fingerprint density at radius 1 is 0.642 bits per heavy atom. The zero-order chi connectivity index (χ0) is 36.1. The van der Waals surface area contributed by atoms with Crippen LogP contribution in [0.4, 0.5) is 11.4 Å². The summed E-state index contributed by atoms with van der Waals surface area (Å²) >= 11 is 0. The van der Waals surface area contributed by atoms with E-state index >= 15 is 0 Å². The van der Waals surface area contributed by atoms with Crippen molar-refractivity contribution in [1.29, 1.82) is 0 Å². The van der Waals surface area contributed by atoms with E-state index in [9.17, 15) is 0 Å². The van der Waals surface area contributed by atoms with Gasteiger partial charge in [0.1, 0.15) is 11.2 Å². The molecule has 0 fully saturated rings. The first-order chi connectivity index (χ1) is 25.6. The zero-order valence-corrected chi connectivity index (χ0v) is 31.3. The van der Waals surface area contributed by atoms with Gasteiger partial charge in [0.2, 0.25) is 0 Å². The van der Waals surface area contributed by atoms with Crippen molar-refractivity contribution in [3.63, 3.8) is 0 Å². The SMILES string of the molecule is CC1C=CC2(C)C3=C1C1(C)C(=CC3(C)N(c3ccc4oc5c(-c6ccccc6)c6ccccc6cc5c4c3)c3ccccc32)C(C)(C)c2ccccc21. The lowest BCUT2D eigenvalue weighted by Crippen LogP contribution is -2.59. The molecule has 4 aliphatic rings. The number of allylic oxidation sites excluding steroid dienone is 4. The summed E-state index contributed by atoms with van der Waals surface area (Å²) in [4.78, 5) is 2.66. The molecule has 4 unspecified atom stereocenters. The lowest BCUT2D eigenvalue weighted by molar-refractivity contribution is 0.415. The molecule has 53 heavy (non-hydrogen) atoms. The van der Waals surface area contributed by atoms with Crippen molar-refractivity contribution in [2.45, 2.75) is 63.3 Å². The summed E-state index contributed by atoms with van der Waals surface area (Å²) in [6.07, 6.45) is 7.69. The first kappa shape index (κ1) is 31.0. The van der Waals surface area contributed by atoms with Crippen molar-refractivity contribution in [1.82, 2.24) is 0 Å². The fraction of sp³-hybridized carbons (Fsp3) is 0.216. The summed E-state index contributed by atoms with van der Waals surface area (Å²) in [7, 11) is 0. The highest BCUT2D eigenvalue weighted by Gasteiger charge is 2.62. The number of rotatable bonds is 2. The van der Waals surface area contributed by atoms with E-state index in [1.165, 1.54) is 55.5 Å². The number of hydrogen-bond acceptors (Lipinski definition) is 2. The molecule has 4 atom stereocenters. The number of furan rings is 1. The third-order valence-electron chi connectivity index (χ3n) is 13.7. The van der Waals surface area contributed by atoms with Gasteiger partial charge in [0, 0.05) is 44.0 Å². The van der Waals surface area contributed by atoms with Crippen LogP contribution in [0.5, 0.6) is 0 Å². The first-order valence-electron chi connectivity index (χ1n) is 19.2. The third kappa shape index (κ3) is 3.69. The minimum Gasteiger partial charge on any atom is -0.455 e. The van der Waals surface area contributed by atoms with Crippen LogP contribution in [0.1, 0.15) is 58.2 Å². The van der Waals surface area contributed by atoms with E-state index in [2.05, 4.69) is 192 Å². The van der Waals surface area contributed by atoms with Crippen molar-refractivity contribution in [2.24, 2.45) is 5.92 Å². The monoisotopic (exact) mass is 685 g/mol. The largest absolute Gasteiger partial charge is 0.455 e. The molecule has 0 radical (unpaired) electrons. The molecule has 1 aliphatic heterocycles. The van der Waals surface area contributed by atoms with E-state index < -0.39 is 5.54 Å². The molecule has 6 aromatic carbocycles. The van der Waals surface area contributed by atoms with E-state index in [4.69, 9.17) is 4.42 Å². The molecular formula is C51H43NO. The number of anilines is 2. The smallest absolute Gasteiger partial charge is 0.143 e. The van der Waals surface area contributed by atoms with Crippen LogP contribution < -0.4 is 4.90 Å². The summed E-state index contributed by atoms with van der Waals surface area (Å²) in [5.74, 6) is 0.296. The molecule has 1 aromatic heterocycles. The van der Waals surface area contributed by atoms with Crippen LogP contribution in [0.3, 0.4) is 0 Å². The number of benzene rings is 6. The van der Waals surface area contributed by atoms with Gasteiger partial charge < -0.3 is 9.32 Å². The van der Waals surface area contributed by atoms with E-state index in [1.54, 1.807) is 5.57 Å². The van der Waals surface area contributed by atoms with E-state index in [-0.39, 0.29) is 16.2 Å². The van der Waals surface area contributed by atoms with Gasteiger partial charge in [0.05, 0.1) is 5.54 Å². The minimum atomic E-state index is -0.430. The van der Waals surface area contributed by atoms with Gasteiger partial charge in [-0.2, -0.15) is 0 Å². The Balaban J connectivity index is 1.23. The molecule has 0 saturated heterocycles. The van der Waals surface area contributed by atoms with Crippen LogP contribution in [0.2, 0.25) is 0 Å². The molecule has 0 saturated carbocycles. The van der Waals surface area contributed by atoms with Gasteiger partial charge in [-0.1, -0.05) is 136 Å². The van der Waals surface area contributed by atoms with Crippen molar-refractivity contribution in [3.05, 3.63) is 179 Å². The molecule has 2 nitrogen and oxygen atoms in total. The highest BCUT2D eigenvalue weighted by atomic mass is 16.3. The maximum Gasteiger partial charge on any atom is 0.143 e. The average molecular weight is 686 g/mol. The Hall–Kier alpha value is -5.60. The predicted octanol–water partition coefficient (Wildman–Crippen LogP) is 13.3. The molecule has 2 heteroatoms. The molecule has 0 N–H and O–H groups in total. The van der Waals surface area contributed by atoms with Gasteiger partial charge in [-0.15, -0.1) is 0 Å². The van der Waals surface area contributed by atoms with Crippen LogP contribution in [-0.2, 0) is 16.2 Å². The van der Waals surface area contributed by atoms with Gasteiger partial charge in [-0.05, 0) is 107 Å². The normalized spacial score (nSPS) is 26.4. The summed E-state index contributed by atoms with van der Waals surface area (Å²) in [6, 6.07) is 47.0. The fourth-order valence-electron chi connectivity index (χ4n) is 11.6. The minimum absolute atomic E-state index is 0.119. The molecule has 0 bridgehead atoms. The number of fused-ring (bicyclic) bond motifs is 10. The maximum atomic E-state index is 6.86. The van der Waals surface area contributed by atoms with Crippen molar-refractivity contribution < 1.29 is 4.42 Å². The Bertz CT molecular complexity index is 2830. The van der Waals surface area contributed by atoms with Crippen LogP contribution in [-0.4, -0.2) is 5.54 Å². The summed E-state index contributed by atoms with van der Waals surface area (Å²) in [5, 5.41) is 4.71. The van der Waals surface area contributed by atoms with E-state index in [0.29, 0.717) is 5.92 Å². The number of para-hydroxylation sites is 1. The average Bonchev–Trinajstić information content (AvgIpc) is 3.61. The summed E-state index contributed by atoms with van der Waals surface area (Å²) in [6.45, 7) is 14.8. The van der Waals surface area contributed by atoms with Crippen LogP contribution >= 0.6 is 0 Å². The molecule has 7 aromatic rings. The molecule has 11 rings (SSSR count). The van der Waals surface area contributed by atoms with Gasteiger partial charge in [-0.25, -0.2) is 0 Å². The standard InChI is InChI=1S/C51H43NO/c1-31-26-27-49(4)40-22-14-15-23-41(40)52(50(5)30-43-48(2,3)38-20-12-13-21-39(38)51(43,6)45(31)47(49)50)34-24-25-42-36(29-34)37-28-33-18-10-11-19-35(33)44(46(37)53-42)32-16-8-7-9-17-32/h7-31H,1-6H3. The molecule has 2 heterocycles.